The Hall–Kier alpha value is -1.82. The molecule has 0 atom stereocenters. The van der Waals surface area contributed by atoms with E-state index in [-0.39, 0.29) is 11.8 Å². The molecule has 1 aliphatic rings. The number of nitrogens with one attached hydrogen (secondary N) is 1. The van der Waals surface area contributed by atoms with Crippen LogP contribution in [0.2, 0.25) is 0 Å². The predicted octanol–water partition coefficient (Wildman–Crippen LogP) is 2.20. The zero-order chi connectivity index (χ0) is 12.3. The summed E-state index contributed by atoms with van der Waals surface area (Å²) in [7, 11) is 0. The summed E-state index contributed by atoms with van der Waals surface area (Å²) in [5.74, 6) is 5.77. The van der Waals surface area contributed by atoms with Gasteiger partial charge in [0.2, 0.25) is 0 Å². The van der Waals surface area contributed by atoms with E-state index in [1.165, 1.54) is 12.1 Å². The number of anilines is 1. The molecule has 1 aliphatic carbocycles. The molecule has 92 valence electrons. The number of nitro benzene ring substituents is 1. The Kier molecular flexibility index (Phi) is 3.43. The lowest BCUT2D eigenvalue weighted by molar-refractivity contribution is -0.384. The minimum atomic E-state index is -0.456. The first kappa shape index (κ1) is 11.7. The summed E-state index contributed by atoms with van der Waals surface area (Å²) in [4.78, 5) is 10.3. The molecule has 0 amide bonds. The first-order valence-corrected chi connectivity index (χ1v) is 5.62. The molecule has 0 unspecified atom stereocenters. The minimum Gasteiger partial charge on any atom is -0.490 e. The minimum absolute atomic E-state index is 0.0200. The topological polar surface area (TPSA) is 90.4 Å². The lowest BCUT2D eigenvalue weighted by Gasteiger charge is -2.13. The van der Waals surface area contributed by atoms with Gasteiger partial charge in [-0.3, -0.25) is 16.0 Å². The first-order chi connectivity index (χ1) is 8.19. The van der Waals surface area contributed by atoms with Crippen molar-refractivity contribution in [1.29, 1.82) is 0 Å². The van der Waals surface area contributed by atoms with Crippen molar-refractivity contribution in [3.8, 4) is 5.75 Å². The number of nitrogens with zero attached hydrogens (tertiary/aromatic N) is 1. The first-order valence-electron chi connectivity index (χ1n) is 5.62. The van der Waals surface area contributed by atoms with Crippen molar-refractivity contribution < 1.29 is 9.66 Å². The highest BCUT2D eigenvalue weighted by Gasteiger charge is 2.18. The standard InChI is InChI=1S/C11H15N3O3/c12-13-8-5-9(14(15)16)7-11(6-8)17-10-3-1-2-4-10/h5-7,10,13H,1-4,12H2. The molecule has 6 nitrogen and oxygen atoms in total. The second-order valence-corrected chi connectivity index (χ2v) is 4.14. The maximum absolute atomic E-state index is 10.7. The molecule has 2 rings (SSSR count). The highest BCUT2D eigenvalue weighted by atomic mass is 16.6. The summed E-state index contributed by atoms with van der Waals surface area (Å²) in [6, 6.07) is 4.48. The largest absolute Gasteiger partial charge is 0.490 e. The van der Waals surface area contributed by atoms with E-state index < -0.39 is 4.92 Å². The van der Waals surface area contributed by atoms with Gasteiger partial charge in [-0.2, -0.15) is 0 Å². The Bertz CT molecular complexity index is 416. The fourth-order valence-electron chi connectivity index (χ4n) is 2.04. The summed E-state index contributed by atoms with van der Waals surface area (Å²) in [6.45, 7) is 0. The summed E-state index contributed by atoms with van der Waals surface area (Å²) in [5.41, 5.74) is 2.86. The van der Waals surface area contributed by atoms with Gasteiger partial charge >= 0.3 is 0 Å². The van der Waals surface area contributed by atoms with Crippen LogP contribution in [-0.2, 0) is 0 Å². The van der Waals surface area contributed by atoms with E-state index in [1.807, 2.05) is 0 Å². The van der Waals surface area contributed by atoms with Crippen LogP contribution in [0.5, 0.6) is 5.75 Å². The van der Waals surface area contributed by atoms with Gasteiger partial charge in [0.15, 0.2) is 0 Å². The molecular formula is C11H15N3O3. The van der Waals surface area contributed by atoms with Crippen molar-refractivity contribution in [1.82, 2.24) is 0 Å². The van der Waals surface area contributed by atoms with Crippen LogP contribution in [0.3, 0.4) is 0 Å². The van der Waals surface area contributed by atoms with Gasteiger partial charge in [-0.1, -0.05) is 0 Å². The summed E-state index contributed by atoms with van der Waals surface area (Å²) >= 11 is 0. The number of nitrogens with two attached hydrogens (primary N) is 1. The average molecular weight is 237 g/mol. The molecule has 0 heterocycles. The van der Waals surface area contributed by atoms with Gasteiger partial charge in [0.25, 0.3) is 5.69 Å². The summed E-state index contributed by atoms with van der Waals surface area (Å²) in [5, 5.41) is 10.7. The third-order valence-electron chi connectivity index (χ3n) is 2.87. The van der Waals surface area contributed by atoms with Crippen molar-refractivity contribution >= 4 is 11.4 Å². The lowest BCUT2D eigenvalue weighted by Crippen LogP contribution is -2.12. The van der Waals surface area contributed by atoms with Gasteiger partial charge in [0, 0.05) is 12.1 Å². The average Bonchev–Trinajstić information content (AvgIpc) is 2.81. The molecule has 1 fully saturated rings. The maximum Gasteiger partial charge on any atom is 0.275 e. The van der Waals surface area contributed by atoms with E-state index >= 15 is 0 Å². The zero-order valence-electron chi connectivity index (χ0n) is 9.39. The molecule has 0 saturated heterocycles. The number of hydrazine groups is 1. The number of ether oxygens (including phenoxy) is 1. The Balaban J connectivity index is 2.19. The molecule has 6 heteroatoms. The smallest absolute Gasteiger partial charge is 0.275 e. The van der Waals surface area contributed by atoms with Crippen molar-refractivity contribution in [3.63, 3.8) is 0 Å². The molecule has 0 bridgehead atoms. The van der Waals surface area contributed by atoms with Crippen molar-refractivity contribution in [3.05, 3.63) is 28.3 Å². The van der Waals surface area contributed by atoms with Crippen molar-refractivity contribution in [2.24, 2.45) is 5.84 Å². The van der Waals surface area contributed by atoms with E-state index in [2.05, 4.69) is 5.43 Å². The van der Waals surface area contributed by atoms with Crippen LogP contribution in [0.4, 0.5) is 11.4 Å². The van der Waals surface area contributed by atoms with Crippen molar-refractivity contribution in [2.75, 3.05) is 5.43 Å². The number of benzene rings is 1. The van der Waals surface area contributed by atoms with Crippen LogP contribution in [0, 0.1) is 10.1 Å². The summed E-state index contributed by atoms with van der Waals surface area (Å²) < 4.78 is 5.71. The molecule has 3 N–H and O–H groups in total. The normalized spacial score (nSPS) is 15.8. The fraction of sp³-hybridized carbons (Fsp3) is 0.455. The van der Waals surface area contributed by atoms with Gasteiger partial charge in [-0.25, -0.2) is 0 Å². The van der Waals surface area contributed by atoms with E-state index in [0.717, 1.165) is 25.7 Å². The molecular weight excluding hydrogens is 222 g/mol. The molecule has 1 aromatic rings. The third kappa shape index (κ3) is 2.85. The second-order valence-electron chi connectivity index (χ2n) is 4.14. The molecule has 0 spiro atoms. The van der Waals surface area contributed by atoms with Gasteiger partial charge in [0.1, 0.15) is 5.75 Å². The van der Waals surface area contributed by atoms with Crippen LogP contribution < -0.4 is 16.0 Å². The molecule has 1 saturated carbocycles. The molecule has 0 aliphatic heterocycles. The second kappa shape index (κ2) is 5.01. The number of hydrogen-bond acceptors (Lipinski definition) is 5. The number of nitrogen functional groups attached to an aromatic ring is 1. The maximum atomic E-state index is 10.7. The van der Waals surface area contributed by atoms with Gasteiger partial charge in [-0.15, -0.1) is 0 Å². The number of rotatable bonds is 4. The SMILES string of the molecule is NNc1cc(OC2CCCC2)cc([N+](=O)[O-])c1. The molecule has 0 aromatic heterocycles. The Morgan fingerprint density at radius 3 is 2.65 bits per heavy atom. The highest BCUT2D eigenvalue weighted by Crippen LogP contribution is 2.29. The van der Waals surface area contributed by atoms with E-state index in [0.29, 0.717) is 11.4 Å². The highest BCUT2D eigenvalue weighted by molar-refractivity contribution is 5.55. The predicted molar refractivity (Wildman–Crippen MR) is 63.8 cm³/mol. The molecule has 0 radical (unpaired) electrons. The quantitative estimate of drug-likeness (QED) is 0.476. The van der Waals surface area contributed by atoms with E-state index in [1.54, 1.807) is 6.07 Å². The number of non-ortho nitro benzene ring substituents is 1. The molecule has 17 heavy (non-hydrogen) atoms. The van der Waals surface area contributed by atoms with Gasteiger partial charge in [-0.05, 0) is 25.7 Å². The number of hydrogen-bond donors (Lipinski definition) is 2. The monoisotopic (exact) mass is 237 g/mol. The van der Waals surface area contributed by atoms with E-state index in [9.17, 15) is 10.1 Å². The van der Waals surface area contributed by atoms with Crippen LogP contribution in [-0.4, -0.2) is 11.0 Å². The van der Waals surface area contributed by atoms with E-state index in [4.69, 9.17) is 10.6 Å². The Morgan fingerprint density at radius 1 is 1.35 bits per heavy atom. The van der Waals surface area contributed by atoms with Crippen LogP contribution in [0.25, 0.3) is 0 Å². The summed E-state index contributed by atoms with van der Waals surface area (Å²) in [6.07, 6.45) is 4.49. The zero-order valence-corrected chi connectivity index (χ0v) is 9.39. The van der Waals surface area contributed by atoms with Crippen LogP contribution in [0.1, 0.15) is 25.7 Å². The molecule has 1 aromatic carbocycles. The fourth-order valence-corrected chi connectivity index (χ4v) is 2.04. The van der Waals surface area contributed by atoms with Crippen molar-refractivity contribution in [2.45, 2.75) is 31.8 Å². The van der Waals surface area contributed by atoms with Crippen LogP contribution >= 0.6 is 0 Å². The van der Waals surface area contributed by atoms with Gasteiger partial charge in [0.05, 0.1) is 22.8 Å². The lowest BCUT2D eigenvalue weighted by atomic mass is 10.2. The Labute approximate surface area is 98.9 Å². The third-order valence-corrected chi connectivity index (χ3v) is 2.87. The van der Waals surface area contributed by atoms with Gasteiger partial charge < -0.3 is 10.2 Å². The number of nitro groups is 1. The Morgan fingerprint density at radius 2 is 2.06 bits per heavy atom. The van der Waals surface area contributed by atoms with Crippen LogP contribution in [0.15, 0.2) is 18.2 Å².